The minimum Gasteiger partial charge on any atom is -0.476 e. The molecule has 0 bridgehead atoms. The number of halogens is 2. The second-order valence-electron chi connectivity index (χ2n) is 8.04. The molecule has 5 heterocycles. The number of rotatable bonds is 4. The van der Waals surface area contributed by atoms with Crippen LogP contribution in [-0.4, -0.2) is 48.6 Å². The molecule has 0 saturated carbocycles. The topological polar surface area (TPSA) is 95.1 Å². The summed E-state index contributed by atoms with van der Waals surface area (Å²) in [5.74, 6) is -1.59. The summed E-state index contributed by atoms with van der Waals surface area (Å²) in [5.41, 5.74) is 3.45. The predicted molar refractivity (Wildman–Crippen MR) is 119 cm³/mol. The van der Waals surface area contributed by atoms with Crippen LogP contribution in [0, 0.1) is 18.7 Å². The van der Waals surface area contributed by atoms with E-state index in [0.717, 1.165) is 15.6 Å². The Morgan fingerprint density at radius 3 is 2.72 bits per heavy atom. The molecule has 0 unspecified atom stereocenters. The van der Waals surface area contributed by atoms with Crippen molar-refractivity contribution in [1.29, 1.82) is 0 Å². The Kier molecular flexibility index (Phi) is 5.21. The maximum Gasteiger partial charge on any atom is 0.358 e. The van der Waals surface area contributed by atoms with Gasteiger partial charge in [0.25, 0.3) is 0 Å². The second-order valence-corrected chi connectivity index (χ2v) is 8.89. The summed E-state index contributed by atoms with van der Waals surface area (Å²) in [4.78, 5) is 21.2. The normalized spacial score (nSPS) is 16.1. The Labute approximate surface area is 191 Å². The van der Waals surface area contributed by atoms with Crippen molar-refractivity contribution in [1.82, 2.24) is 24.3 Å². The van der Waals surface area contributed by atoms with E-state index in [-0.39, 0.29) is 17.3 Å². The van der Waals surface area contributed by atoms with Gasteiger partial charge in [-0.25, -0.2) is 9.18 Å². The third-order valence-corrected chi connectivity index (χ3v) is 7.03. The summed E-state index contributed by atoms with van der Waals surface area (Å²) in [5, 5.41) is 14.2. The molecule has 1 atom stereocenters. The van der Waals surface area contributed by atoms with E-state index in [2.05, 4.69) is 31.0 Å². The molecule has 32 heavy (non-hydrogen) atoms. The number of aromatic carboxylic acids is 1. The molecular weight excluding hydrogens is 481 g/mol. The molecule has 10 heteroatoms. The van der Waals surface area contributed by atoms with Gasteiger partial charge in [0.15, 0.2) is 5.69 Å². The maximum absolute atomic E-state index is 15.2. The number of aromatic nitrogens is 5. The molecule has 0 radical (unpaired) electrons. The fourth-order valence-electron chi connectivity index (χ4n) is 4.78. The molecular formula is C22H21BrFN5O3. The zero-order valence-electron chi connectivity index (χ0n) is 17.5. The van der Waals surface area contributed by atoms with Gasteiger partial charge in [0.2, 0.25) is 0 Å². The number of fused-ring (bicyclic) bond motifs is 3. The van der Waals surface area contributed by atoms with Crippen molar-refractivity contribution < 1.29 is 19.0 Å². The van der Waals surface area contributed by atoms with Crippen molar-refractivity contribution >= 4 is 44.0 Å². The first-order valence-electron chi connectivity index (χ1n) is 10.3. The van der Waals surface area contributed by atoms with Gasteiger partial charge in [-0.3, -0.25) is 14.6 Å². The van der Waals surface area contributed by atoms with Gasteiger partial charge in [-0.2, -0.15) is 5.10 Å². The standard InChI is InChI=1S/C22H21BrFN5O3/c1-11-13(23)10-26-16-18(11)29(21-17(22(30)31)27-28(2)20(16)21)19(12-5-8-32-9-6-12)15-14(24)4-3-7-25-15/h3-4,7,10,12,19H,5-6,8-9H2,1-2H3,(H,30,31)/t19-/m1/s1. The Hall–Kier alpha value is -2.85. The van der Waals surface area contributed by atoms with Crippen LogP contribution in [0.1, 0.15) is 40.6 Å². The molecule has 4 aromatic rings. The van der Waals surface area contributed by atoms with Gasteiger partial charge in [-0.1, -0.05) is 0 Å². The van der Waals surface area contributed by atoms with Crippen LogP contribution in [-0.2, 0) is 11.8 Å². The van der Waals surface area contributed by atoms with Crippen LogP contribution in [0.2, 0.25) is 0 Å². The van der Waals surface area contributed by atoms with Gasteiger partial charge in [0.05, 0.1) is 17.3 Å². The number of ether oxygens (including phenoxy) is 1. The number of carboxylic acid groups (broad SMARTS) is 1. The number of carbonyl (C=O) groups is 1. The van der Waals surface area contributed by atoms with E-state index in [1.54, 1.807) is 25.5 Å². The minimum absolute atomic E-state index is 0.00724. The van der Waals surface area contributed by atoms with Crippen LogP contribution >= 0.6 is 15.9 Å². The summed E-state index contributed by atoms with van der Waals surface area (Å²) in [7, 11) is 1.70. The fourth-order valence-corrected chi connectivity index (χ4v) is 5.07. The zero-order valence-corrected chi connectivity index (χ0v) is 19.1. The van der Waals surface area contributed by atoms with Gasteiger partial charge >= 0.3 is 5.97 Å². The molecule has 4 aromatic heterocycles. The number of hydrogen-bond acceptors (Lipinski definition) is 5. The quantitative estimate of drug-likeness (QED) is 0.449. The number of hydrogen-bond donors (Lipinski definition) is 1. The summed E-state index contributed by atoms with van der Waals surface area (Å²) in [6, 6.07) is 2.40. The lowest BCUT2D eigenvalue weighted by atomic mass is 9.88. The Bertz CT molecular complexity index is 1360. The van der Waals surface area contributed by atoms with E-state index in [9.17, 15) is 9.90 Å². The van der Waals surface area contributed by atoms with Crippen molar-refractivity contribution in [3.8, 4) is 0 Å². The predicted octanol–water partition coefficient (Wildman–Crippen LogP) is 4.24. The molecule has 166 valence electrons. The van der Waals surface area contributed by atoms with Crippen molar-refractivity contribution in [3.05, 3.63) is 51.8 Å². The van der Waals surface area contributed by atoms with Gasteiger partial charge in [-0.05, 0) is 59.3 Å². The summed E-state index contributed by atoms with van der Waals surface area (Å²) in [6.45, 7) is 3.04. The number of nitrogens with zero attached hydrogens (tertiary/aromatic N) is 5. The molecule has 1 aliphatic rings. The van der Waals surface area contributed by atoms with Crippen LogP contribution < -0.4 is 0 Å². The zero-order chi connectivity index (χ0) is 22.6. The monoisotopic (exact) mass is 501 g/mol. The summed E-state index contributed by atoms with van der Waals surface area (Å²) < 4.78 is 24.9. The number of pyridine rings is 2. The molecule has 8 nitrogen and oxygen atoms in total. The number of carboxylic acids is 1. The highest BCUT2D eigenvalue weighted by molar-refractivity contribution is 9.10. The Balaban J connectivity index is 1.95. The van der Waals surface area contributed by atoms with Crippen LogP contribution in [0.4, 0.5) is 4.39 Å². The number of aryl methyl sites for hydroxylation is 2. The highest BCUT2D eigenvalue weighted by Gasteiger charge is 2.36. The first-order chi connectivity index (χ1) is 15.4. The van der Waals surface area contributed by atoms with Crippen LogP contribution in [0.15, 0.2) is 29.0 Å². The van der Waals surface area contributed by atoms with Crippen molar-refractivity contribution in [3.63, 3.8) is 0 Å². The summed E-state index contributed by atoms with van der Waals surface area (Å²) >= 11 is 3.55. The lowest BCUT2D eigenvalue weighted by Gasteiger charge is -2.32. The molecule has 1 N–H and O–H groups in total. The molecule has 0 aliphatic carbocycles. The van der Waals surface area contributed by atoms with E-state index in [1.807, 2.05) is 11.5 Å². The van der Waals surface area contributed by atoms with E-state index in [0.29, 0.717) is 42.6 Å². The highest BCUT2D eigenvalue weighted by atomic mass is 79.9. The smallest absolute Gasteiger partial charge is 0.358 e. The molecule has 0 spiro atoms. The van der Waals surface area contributed by atoms with E-state index in [4.69, 9.17) is 4.74 Å². The van der Waals surface area contributed by atoms with Crippen molar-refractivity contribution in [2.45, 2.75) is 25.8 Å². The van der Waals surface area contributed by atoms with Gasteiger partial charge in [-0.15, -0.1) is 0 Å². The lowest BCUT2D eigenvalue weighted by molar-refractivity contribution is 0.0541. The average Bonchev–Trinajstić information content (AvgIpc) is 3.30. The molecule has 5 rings (SSSR count). The van der Waals surface area contributed by atoms with Crippen LogP contribution in [0.25, 0.3) is 22.1 Å². The third-order valence-electron chi connectivity index (χ3n) is 6.23. The fraction of sp³-hybridized carbons (Fsp3) is 0.364. The Morgan fingerprint density at radius 2 is 2.03 bits per heavy atom. The molecule has 1 saturated heterocycles. The van der Waals surface area contributed by atoms with Crippen molar-refractivity contribution in [2.24, 2.45) is 13.0 Å². The SMILES string of the molecule is Cc1c(Br)cnc2c3c(c(C(=O)O)nn3C)n([C@@H](c3ncccc3F)C3CCOCC3)c12. The largest absolute Gasteiger partial charge is 0.476 e. The average molecular weight is 502 g/mol. The van der Waals surface area contributed by atoms with Gasteiger partial charge in [0, 0.05) is 37.1 Å². The maximum atomic E-state index is 15.2. The molecule has 1 fully saturated rings. The second kappa shape index (κ2) is 7.93. The van der Waals surface area contributed by atoms with E-state index >= 15 is 4.39 Å². The van der Waals surface area contributed by atoms with Gasteiger partial charge < -0.3 is 14.4 Å². The van der Waals surface area contributed by atoms with Crippen LogP contribution in [0.3, 0.4) is 0 Å². The molecule has 0 aromatic carbocycles. The summed E-state index contributed by atoms with van der Waals surface area (Å²) in [6.07, 6.45) is 4.66. The minimum atomic E-state index is -1.15. The Morgan fingerprint density at radius 1 is 1.28 bits per heavy atom. The van der Waals surface area contributed by atoms with Gasteiger partial charge in [0.1, 0.15) is 22.4 Å². The lowest BCUT2D eigenvalue weighted by Crippen LogP contribution is -2.28. The van der Waals surface area contributed by atoms with Crippen molar-refractivity contribution in [2.75, 3.05) is 13.2 Å². The third kappa shape index (κ3) is 3.12. The molecule has 1 aliphatic heterocycles. The highest BCUT2D eigenvalue weighted by Crippen LogP contribution is 2.42. The van der Waals surface area contributed by atoms with E-state index in [1.165, 1.54) is 10.7 Å². The van der Waals surface area contributed by atoms with E-state index < -0.39 is 17.8 Å². The molecule has 0 amide bonds. The first kappa shape index (κ1) is 21.0. The first-order valence-corrected chi connectivity index (χ1v) is 11.1. The van der Waals surface area contributed by atoms with Crippen LogP contribution in [0.5, 0.6) is 0 Å².